The summed E-state index contributed by atoms with van der Waals surface area (Å²) < 4.78 is 22.6. The number of carbonyl (C=O) groups is 1. The Balaban J connectivity index is 1.38. The van der Waals surface area contributed by atoms with Crippen LogP contribution < -0.4 is 29.6 Å². The molecular formula is C21H24N2O5. The Morgan fingerprint density at radius 3 is 2.57 bits per heavy atom. The second-order valence-electron chi connectivity index (χ2n) is 6.97. The molecule has 2 aromatic carbocycles. The maximum Gasteiger partial charge on any atom is 0.319 e. The fourth-order valence-corrected chi connectivity index (χ4v) is 3.66. The van der Waals surface area contributed by atoms with Gasteiger partial charge in [-0.15, -0.1) is 0 Å². The number of anilines is 1. The smallest absolute Gasteiger partial charge is 0.319 e. The van der Waals surface area contributed by atoms with Crippen molar-refractivity contribution < 1.29 is 23.7 Å². The number of nitrogens with one attached hydrogen (secondary N) is 2. The van der Waals surface area contributed by atoms with Crippen LogP contribution in [-0.4, -0.2) is 26.0 Å². The molecule has 2 amide bonds. The van der Waals surface area contributed by atoms with Gasteiger partial charge in [-0.25, -0.2) is 4.79 Å². The van der Waals surface area contributed by atoms with E-state index in [0.717, 1.165) is 37.0 Å². The molecule has 0 radical (unpaired) electrons. The lowest BCUT2D eigenvalue weighted by atomic mass is 10.2. The van der Waals surface area contributed by atoms with E-state index in [1.165, 1.54) is 0 Å². The van der Waals surface area contributed by atoms with E-state index >= 15 is 0 Å². The van der Waals surface area contributed by atoms with Crippen LogP contribution in [0.15, 0.2) is 36.4 Å². The Hall–Kier alpha value is -3.09. The van der Waals surface area contributed by atoms with Crippen molar-refractivity contribution in [3.05, 3.63) is 42.0 Å². The summed E-state index contributed by atoms with van der Waals surface area (Å²) in [6, 6.07) is 10.6. The molecule has 0 unspecified atom stereocenters. The van der Waals surface area contributed by atoms with E-state index in [1.807, 2.05) is 30.3 Å². The van der Waals surface area contributed by atoms with Crippen LogP contribution in [0.2, 0.25) is 0 Å². The SMILES string of the molecule is COc1ccc(OC)c(CNC(=O)Nc2ccc3c(c2)OC2(CCCC2)O3)c1. The Bertz CT molecular complexity index is 877. The first-order valence-corrected chi connectivity index (χ1v) is 9.39. The predicted octanol–water partition coefficient (Wildman–Crippen LogP) is 4.07. The number of carbonyl (C=O) groups excluding carboxylic acids is 1. The van der Waals surface area contributed by atoms with Gasteiger partial charge in [0, 0.05) is 36.7 Å². The Morgan fingerprint density at radius 2 is 1.82 bits per heavy atom. The Labute approximate surface area is 163 Å². The van der Waals surface area contributed by atoms with Crippen molar-refractivity contribution in [2.75, 3.05) is 19.5 Å². The van der Waals surface area contributed by atoms with E-state index in [0.29, 0.717) is 29.5 Å². The summed E-state index contributed by atoms with van der Waals surface area (Å²) in [5, 5.41) is 5.66. The molecule has 148 valence electrons. The van der Waals surface area contributed by atoms with Crippen molar-refractivity contribution in [3.63, 3.8) is 0 Å². The van der Waals surface area contributed by atoms with Gasteiger partial charge in [-0.2, -0.15) is 0 Å². The molecule has 4 rings (SSSR count). The number of benzene rings is 2. The van der Waals surface area contributed by atoms with Crippen molar-refractivity contribution >= 4 is 11.7 Å². The van der Waals surface area contributed by atoms with Crippen molar-refractivity contribution in [1.29, 1.82) is 0 Å². The molecule has 0 bridgehead atoms. The Morgan fingerprint density at radius 1 is 1.04 bits per heavy atom. The molecule has 2 aromatic rings. The van der Waals surface area contributed by atoms with Gasteiger partial charge in [-0.3, -0.25) is 0 Å². The standard InChI is InChI=1S/C21H24N2O5/c1-25-16-6-8-17(26-2)14(11-16)13-22-20(24)23-15-5-7-18-19(12-15)28-21(27-18)9-3-4-10-21/h5-8,11-12H,3-4,9-10,13H2,1-2H3,(H2,22,23,24). The zero-order valence-corrected chi connectivity index (χ0v) is 16.0. The highest BCUT2D eigenvalue weighted by Crippen LogP contribution is 2.47. The molecule has 7 heteroatoms. The number of hydrogen-bond donors (Lipinski definition) is 2. The largest absolute Gasteiger partial charge is 0.497 e. The Kier molecular flexibility index (Phi) is 4.90. The van der Waals surface area contributed by atoms with Gasteiger partial charge in [0.1, 0.15) is 11.5 Å². The molecule has 2 aliphatic rings. The highest BCUT2D eigenvalue weighted by molar-refractivity contribution is 5.89. The summed E-state index contributed by atoms with van der Waals surface area (Å²) in [5.41, 5.74) is 1.47. The minimum atomic E-state index is -0.508. The maximum absolute atomic E-state index is 12.3. The van der Waals surface area contributed by atoms with E-state index in [-0.39, 0.29) is 6.03 Å². The number of methoxy groups -OCH3 is 2. The first-order chi connectivity index (χ1) is 13.6. The average Bonchev–Trinajstić information content (AvgIpc) is 3.31. The third kappa shape index (κ3) is 3.65. The molecule has 0 atom stereocenters. The van der Waals surface area contributed by atoms with Gasteiger partial charge < -0.3 is 29.6 Å². The normalized spacial score (nSPS) is 16.1. The average molecular weight is 384 g/mol. The van der Waals surface area contributed by atoms with Crippen LogP contribution in [0.25, 0.3) is 0 Å². The summed E-state index contributed by atoms with van der Waals surface area (Å²) in [4.78, 5) is 12.3. The lowest BCUT2D eigenvalue weighted by Gasteiger charge is -2.21. The van der Waals surface area contributed by atoms with E-state index in [9.17, 15) is 4.79 Å². The van der Waals surface area contributed by atoms with Gasteiger partial charge in [0.15, 0.2) is 11.5 Å². The van der Waals surface area contributed by atoms with Crippen LogP contribution in [0.3, 0.4) is 0 Å². The summed E-state index contributed by atoms with van der Waals surface area (Å²) in [6.45, 7) is 0.305. The van der Waals surface area contributed by atoms with Crippen molar-refractivity contribution in [1.82, 2.24) is 5.32 Å². The zero-order valence-electron chi connectivity index (χ0n) is 16.0. The lowest BCUT2D eigenvalue weighted by molar-refractivity contribution is -0.0716. The number of fused-ring (bicyclic) bond motifs is 1. The van der Waals surface area contributed by atoms with Crippen molar-refractivity contribution in [2.24, 2.45) is 0 Å². The van der Waals surface area contributed by atoms with Crippen LogP contribution in [-0.2, 0) is 6.54 Å². The fraction of sp³-hybridized carbons (Fsp3) is 0.381. The molecule has 0 saturated heterocycles. The van der Waals surface area contributed by atoms with Gasteiger partial charge in [-0.05, 0) is 43.2 Å². The van der Waals surface area contributed by atoms with Gasteiger partial charge in [-0.1, -0.05) is 0 Å². The van der Waals surface area contributed by atoms with Crippen molar-refractivity contribution in [3.8, 4) is 23.0 Å². The third-order valence-electron chi connectivity index (χ3n) is 5.09. The molecule has 1 heterocycles. The predicted molar refractivity (Wildman–Crippen MR) is 104 cm³/mol. The molecule has 0 aromatic heterocycles. The van der Waals surface area contributed by atoms with Gasteiger partial charge in [0.05, 0.1) is 14.2 Å². The topological polar surface area (TPSA) is 78.1 Å². The molecular weight excluding hydrogens is 360 g/mol. The number of amides is 2. The van der Waals surface area contributed by atoms with E-state index in [2.05, 4.69) is 10.6 Å². The van der Waals surface area contributed by atoms with Gasteiger partial charge in [0.2, 0.25) is 0 Å². The van der Waals surface area contributed by atoms with Crippen LogP contribution >= 0.6 is 0 Å². The van der Waals surface area contributed by atoms with Gasteiger partial charge >= 0.3 is 6.03 Å². The first kappa shape index (κ1) is 18.3. The van der Waals surface area contributed by atoms with Gasteiger partial charge in [0.25, 0.3) is 5.79 Å². The van der Waals surface area contributed by atoms with Crippen LogP contribution in [0.1, 0.15) is 31.2 Å². The van der Waals surface area contributed by atoms with E-state index < -0.39 is 5.79 Å². The molecule has 28 heavy (non-hydrogen) atoms. The minimum absolute atomic E-state index is 0.305. The molecule has 1 saturated carbocycles. The summed E-state index contributed by atoms with van der Waals surface area (Å²) in [5.74, 6) is 2.29. The lowest BCUT2D eigenvalue weighted by Crippen LogP contribution is -2.34. The molecule has 1 aliphatic carbocycles. The monoisotopic (exact) mass is 384 g/mol. The maximum atomic E-state index is 12.3. The first-order valence-electron chi connectivity index (χ1n) is 9.39. The van der Waals surface area contributed by atoms with E-state index in [1.54, 1.807) is 20.3 Å². The zero-order chi connectivity index (χ0) is 19.6. The molecule has 2 N–H and O–H groups in total. The van der Waals surface area contributed by atoms with Crippen LogP contribution in [0.4, 0.5) is 10.5 Å². The second-order valence-corrected chi connectivity index (χ2v) is 6.97. The number of rotatable bonds is 5. The summed E-state index contributed by atoms with van der Waals surface area (Å²) in [7, 11) is 3.19. The molecule has 7 nitrogen and oxygen atoms in total. The molecule has 1 aliphatic heterocycles. The summed E-state index contributed by atoms with van der Waals surface area (Å²) in [6.07, 6.45) is 4.01. The molecule has 1 fully saturated rings. The highest BCUT2D eigenvalue weighted by Gasteiger charge is 2.44. The van der Waals surface area contributed by atoms with Crippen molar-refractivity contribution in [2.45, 2.75) is 38.0 Å². The number of hydrogen-bond acceptors (Lipinski definition) is 5. The van der Waals surface area contributed by atoms with Crippen LogP contribution in [0.5, 0.6) is 23.0 Å². The molecule has 1 spiro atoms. The highest BCUT2D eigenvalue weighted by atomic mass is 16.7. The second kappa shape index (κ2) is 7.50. The fourth-order valence-electron chi connectivity index (χ4n) is 3.66. The quantitative estimate of drug-likeness (QED) is 0.813. The minimum Gasteiger partial charge on any atom is -0.497 e. The number of urea groups is 1. The number of ether oxygens (including phenoxy) is 4. The van der Waals surface area contributed by atoms with E-state index in [4.69, 9.17) is 18.9 Å². The summed E-state index contributed by atoms with van der Waals surface area (Å²) >= 11 is 0. The van der Waals surface area contributed by atoms with Crippen LogP contribution in [0, 0.1) is 0 Å². The third-order valence-corrected chi connectivity index (χ3v) is 5.09.